The zero-order chi connectivity index (χ0) is 17.8. The number of hydrogen-bond acceptors (Lipinski definition) is 3. The number of carbonyl (C=O) groups excluding carboxylic acids is 1. The Bertz CT molecular complexity index is 931. The van der Waals surface area contributed by atoms with E-state index < -0.39 is 6.10 Å². The van der Waals surface area contributed by atoms with Crippen molar-refractivity contribution >= 4 is 22.5 Å². The van der Waals surface area contributed by atoms with Crippen LogP contribution < -0.4 is 5.32 Å². The molecule has 0 saturated heterocycles. The molecule has 2 N–H and O–H groups in total. The Kier molecular flexibility index (Phi) is 4.69. The van der Waals surface area contributed by atoms with Crippen LogP contribution in [0.3, 0.4) is 0 Å². The Morgan fingerprint density at radius 2 is 2.00 bits per heavy atom. The molecule has 0 saturated carbocycles. The number of oxime groups is 1. The summed E-state index contributed by atoms with van der Waals surface area (Å²) in [6.45, 7) is 0.479. The first kappa shape index (κ1) is 16.4. The predicted molar refractivity (Wildman–Crippen MR) is 102 cm³/mol. The molecule has 0 radical (unpaired) electrons. The fraction of sp³-hybridized carbons (Fsp3) is 0.238. The highest BCUT2D eigenvalue weighted by Crippen LogP contribution is 2.18. The fourth-order valence-electron chi connectivity index (χ4n) is 3.25. The summed E-state index contributed by atoms with van der Waals surface area (Å²) in [4.78, 5) is 20.9. The van der Waals surface area contributed by atoms with Gasteiger partial charge in [0.2, 0.25) is 6.10 Å². The highest BCUT2D eigenvalue weighted by Gasteiger charge is 2.27. The maximum absolute atomic E-state index is 12.4. The van der Waals surface area contributed by atoms with Gasteiger partial charge in [0, 0.05) is 30.1 Å². The molecule has 0 unspecified atom stereocenters. The van der Waals surface area contributed by atoms with Crippen LogP contribution in [0.4, 0.5) is 0 Å². The predicted octanol–water partition coefficient (Wildman–Crippen LogP) is 3.56. The summed E-state index contributed by atoms with van der Waals surface area (Å²) in [5.74, 6) is -0.115. The molecule has 0 fully saturated rings. The maximum atomic E-state index is 12.4. The normalized spacial score (nSPS) is 16.3. The first-order valence-electron chi connectivity index (χ1n) is 8.88. The van der Waals surface area contributed by atoms with Crippen molar-refractivity contribution in [3.63, 3.8) is 0 Å². The number of fused-ring (bicyclic) bond motifs is 1. The molecule has 0 bridgehead atoms. The molecule has 1 aliphatic rings. The molecule has 2 aromatic carbocycles. The number of carbonyl (C=O) groups is 1. The Hall–Kier alpha value is -3.08. The van der Waals surface area contributed by atoms with Gasteiger partial charge in [0.1, 0.15) is 0 Å². The van der Waals surface area contributed by atoms with E-state index in [1.165, 1.54) is 5.56 Å². The Morgan fingerprint density at radius 1 is 1.12 bits per heavy atom. The van der Waals surface area contributed by atoms with E-state index in [1.807, 2.05) is 48.7 Å². The van der Waals surface area contributed by atoms with Gasteiger partial charge in [-0.25, -0.2) is 0 Å². The van der Waals surface area contributed by atoms with Gasteiger partial charge < -0.3 is 15.1 Å². The molecule has 5 heteroatoms. The maximum Gasteiger partial charge on any atom is 0.264 e. The van der Waals surface area contributed by atoms with E-state index in [-0.39, 0.29) is 5.91 Å². The second kappa shape index (κ2) is 7.44. The molecule has 1 aromatic heterocycles. The lowest BCUT2D eigenvalue weighted by atomic mass is 10.0. The standard InChI is InChI=1S/C21H21N3O2/c25-21(23-14-16-7-4-8-19-18(16)11-12-22-19)20-13-17(24-26-20)10-9-15-5-2-1-3-6-15/h1-8,11-12,20,22H,9-10,13-14H2,(H,23,25)/t20-/m1/s1. The summed E-state index contributed by atoms with van der Waals surface area (Å²) in [5, 5.41) is 8.19. The summed E-state index contributed by atoms with van der Waals surface area (Å²) in [7, 11) is 0. The molecule has 2 heterocycles. The second-order valence-corrected chi connectivity index (χ2v) is 6.52. The van der Waals surface area contributed by atoms with Gasteiger partial charge in [-0.05, 0) is 36.1 Å². The summed E-state index contributed by atoms with van der Waals surface area (Å²) in [5.41, 5.74) is 4.37. The van der Waals surface area contributed by atoms with Crippen LogP contribution in [-0.2, 0) is 22.6 Å². The Labute approximate surface area is 152 Å². The molecular formula is C21H21N3O2. The lowest BCUT2D eigenvalue weighted by Crippen LogP contribution is -2.34. The molecular weight excluding hydrogens is 326 g/mol. The third kappa shape index (κ3) is 3.61. The van der Waals surface area contributed by atoms with Crippen molar-refractivity contribution in [3.8, 4) is 0 Å². The highest BCUT2D eigenvalue weighted by molar-refractivity contribution is 5.93. The lowest BCUT2D eigenvalue weighted by Gasteiger charge is -2.10. The van der Waals surface area contributed by atoms with Gasteiger partial charge in [-0.3, -0.25) is 4.79 Å². The number of hydrogen-bond donors (Lipinski definition) is 2. The number of benzene rings is 2. The molecule has 0 spiro atoms. The van der Waals surface area contributed by atoms with E-state index in [2.05, 4.69) is 27.6 Å². The Morgan fingerprint density at radius 3 is 2.88 bits per heavy atom. The third-order valence-corrected chi connectivity index (χ3v) is 4.71. The molecule has 132 valence electrons. The minimum absolute atomic E-state index is 0.115. The van der Waals surface area contributed by atoms with E-state index in [9.17, 15) is 4.79 Å². The molecule has 1 amide bonds. The monoisotopic (exact) mass is 347 g/mol. The van der Waals surface area contributed by atoms with Gasteiger partial charge in [0.15, 0.2) is 0 Å². The van der Waals surface area contributed by atoms with Crippen LogP contribution in [-0.4, -0.2) is 22.7 Å². The molecule has 0 aliphatic carbocycles. The van der Waals surface area contributed by atoms with Crippen molar-refractivity contribution in [3.05, 3.63) is 71.9 Å². The molecule has 3 aromatic rings. The summed E-state index contributed by atoms with van der Waals surface area (Å²) in [6.07, 6.45) is 3.67. The Balaban J connectivity index is 1.28. The van der Waals surface area contributed by atoms with E-state index in [1.54, 1.807) is 0 Å². The van der Waals surface area contributed by atoms with Gasteiger partial charge in [-0.1, -0.05) is 47.6 Å². The largest absolute Gasteiger partial charge is 0.382 e. The van der Waals surface area contributed by atoms with Crippen LogP contribution in [0.1, 0.15) is 24.0 Å². The van der Waals surface area contributed by atoms with E-state index >= 15 is 0 Å². The number of nitrogens with one attached hydrogen (secondary N) is 2. The van der Waals surface area contributed by atoms with Crippen molar-refractivity contribution in [1.82, 2.24) is 10.3 Å². The molecule has 1 aliphatic heterocycles. The molecule has 4 rings (SSSR count). The number of aromatic nitrogens is 1. The number of aryl methyl sites for hydroxylation is 1. The van der Waals surface area contributed by atoms with E-state index in [4.69, 9.17) is 4.84 Å². The van der Waals surface area contributed by atoms with Gasteiger partial charge in [0.25, 0.3) is 5.91 Å². The summed E-state index contributed by atoms with van der Waals surface area (Å²) < 4.78 is 0. The van der Waals surface area contributed by atoms with Crippen LogP contribution in [0.25, 0.3) is 10.9 Å². The highest BCUT2D eigenvalue weighted by atomic mass is 16.6. The topological polar surface area (TPSA) is 66.5 Å². The van der Waals surface area contributed by atoms with E-state index in [0.717, 1.165) is 35.0 Å². The van der Waals surface area contributed by atoms with Crippen molar-refractivity contribution in [2.45, 2.75) is 31.9 Å². The smallest absolute Gasteiger partial charge is 0.264 e. The number of amides is 1. The SMILES string of the molecule is O=C(NCc1cccc2[nH]ccc12)[C@H]1CC(CCc2ccccc2)=NO1. The zero-order valence-electron chi connectivity index (χ0n) is 14.4. The molecule has 26 heavy (non-hydrogen) atoms. The van der Waals surface area contributed by atoms with E-state index in [0.29, 0.717) is 13.0 Å². The fourth-order valence-corrected chi connectivity index (χ4v) is 3.25. The van der Waals surface area contributed by atoms with Gasteiger partial charge >= 0.3 is 0 Å². The van der Waals surface area contributed by atoms with Crippen molar-refractivity contribution < 1.29 is 9.63 Å². The van der Waals surface area contributed by atoms with Gasteiger partial charge in [0.05, 0.1) is 5.71 Å². The third-order valence-electron chi connectivity index (χ3n) is 4.71. The second-order valence-electron chi connectivity index (χ2n) is 6.52. The number of rotatable bonds is 6. The average molecular weight is 347 g/mol. The average Bonchev–Trinajstić information content (AvgIpc) is 3.35. The minimum Gasteiger partial charge on any atom is -0.382 e. The first-order chi connectivity index (χ1) is 12.8. The first-order valence-corrected chi connectivity index (χ1v) is 8.88. The van der Waals surface area contributed by atoms with Crippen LogP contribution in [0, 0.1) is 0 Å². The van der Waals surface area contributed by atoms with Crippen LogP contribution >= 0.6 is 0 Å². The quantitative estimate of drug-likeness (QED) is 0.716. The lowest BCUT2D eigenvalue weighted by molar-refractivity contribution is -0.131. The zero-order valence-corrected chi connectivity index (χ0v) is 14.4. The van der Waals surface area contributed by atoms with Crippen LogP contribution in [0.2, 0.25) is 0 Å². The molecule has 5 nitrogen and oxygen atoms in total. The van der Waals surface area contributed by atoms with Gasteiger partial charge in [-0.2, -0.15) is 0 Å². The summed E-state index contributed by atoms with van der Waals surface area (Å²) >= 11 is 0. The summed E-state index contributed by atoms with van der Waals surface area (Å²) in [6, 6.07) is 18.3. The van der Waals surface area contributed by atoms with Crippen LogP contribution in [0.15, 0.2) is 65.9 Å². The number of aromatic amines is 1. The van der Waals surface area contributed by atoms with Crippen molar-refractivity contribution in [2.24, 2.45) is 5.16 Å². The molecule has 1 atom stereocenters. The van der Waals surface area contributed by atoms with Gasteiger partial charge in [-0.15, -0.1) is 0 Å². The van der Waals surface area contributed by atoms with Crippen LogP contribution in [0.5, 0.6) is 0 Å². The number of nitrogens with zero attached hydrogens (tertiary/aromatic N) is 1. The minimum atomic E-state index is -0.522. The number of H-pyrrole nitrogens is 1. The van der Waals surface area contributed by atoms with Crippen molar-refractivity contribution in [2.75, 3.05) is 0 Å². The van der Waals surface area contributed by atoms with Crippen molar-refractivity contribution in [1.29, 1.82) is 0 Å².